The summed E-state index contributed by atoms with van der Waals surface area (Å²) in [4.78, 5) is 23.3. The first-order valence-electron chi connectivity index (χ1n) is 7.46. The maximum absolute atomic E-state index is 12.5. The van der Waals surface area contributed by atoms with Crippen LogP contribution in [-0.4, -0.2) is 77.9 Å². The van der Waals surface area contributed by atoms with Gasteiger partial charge in [0, 0.05) is 57.7 Å². The van der Waals surface area contributed by atoms with Crippen LogP contribution in [0.3, 0.4) is 0 Å². The molecule has 1 aromatic rings. The number of hydrogen-bond acceptors (Lipinski definition) is 4. The molecular weight excluding hydrogens is 288 g/mol. The highest BCUT2D eigenvalue weighted by Gasteiger charge is 2.32. The molecule has 0 unspecified atom stereocenters. The van der Waals surface area contributed by atoms with E-state index in [2.05, 4.69) is 21.8 Å². The summed E-state index contributed by atoms with van der Waals surface area (Å²) in [6, 6.07) is 2.19. The van der Waals surface area contributed by atoms with Crippen molar-refractivity contribution in [3.63, 3.8) is 0 Å². The van der Waals surface area contributed by atoms with Gasteiger partial charge in [-0.3, -0.25) is 14.7 Å². The molecule has 0 aliphatic carbocycles. The van der Waals surface area contributed by atoms with Crippen molar-refractivity contribution in [2.24, 2.45) is 0 Å². The van der Waals surface area contributed by atoms with E-state index in [1.54, 1.807) is 18.5 Å². The fourth-order valence-corrected chi connectivity index (χ4v) is 3.30. The molecule has 3 heterocycles. The van der Waals surface area contributed by atoms with E-state index in [4.69, 9.17) is 11.6 Å². The van der Waals surface area contributed by atoms with E-state index in [1.807, 2.05) is 4.90 Å². The number of piperazine rings is 1. The van der Waals surface area contributed by atoms with Crippen molar-refractivity contribution in [3.05, 3.63) is 29.0 Å². The number of likely N-dealkylation sites (N-methyl/N-ethyl adjacent to an activating group) is 1. The van der Waals surface area contributed by atoms with Gasteiger partial charge in [-0.25, -0.2) is 0 Å². The van der Waals surface area contributed by atoms with Crippen LogP contribution in [0.5, 0.6) is 0 Å². The number of amides is 1. The number of halogens is 1. The van der Waals surface area contributed by atoms with Gasteiger partial charge in [0.1, 0.15) is 0 Å². The van der Waals surface area contributed by atoms with Crippen LogP contribution < -0.4 is 0 Å². The lowest BCUT2D eigenvalue weighted by atomic mass is 10.2. The Labute approximate surface area is 130 Å². The van der Waals surface area contributed by atoms with Gasteiger partial charge >= 0.3 is 0 Å². The molecule has 0 radical (unpaired) electrons. The Bertz CT molecular complexity index is 516. The third kappa shape index (κ3) is 3.36. The second-order valence-corrected chi connectivity index (χ2v) is 6.36. The molecule has 1 amide bonds. The van der Waals surface area contributed by atoms with Gasteiger partial charge in [-0.2, -0.15) is 0 Å². The van der Waals surface area contributed by atoms with E-state index >= 15 is 0 Å². The molecule has 0 N–H and O–H groups in total. The summed E-state index contributed by atoms with van der Waals surface area (Å²) in [7, 11) is 2.16. The molecule has 6 heteroatoms. The van der Waals surface area contributed by atoms with Gasteiger partial charge in [0.05, 0.1) is 10.6 Å². The second-order valence-electron chi connectivity index (χ2n) is 5.92. The van der Waals surface area contributed by atoms with Gasteiger partial charge in [0.25, 0.3) is 5.91 Å². The van der Waals surface area contributed by atoms with Gasteiger partial charge in [0.15, 0.2) is 0 Å². The predicted molar refractivity (Wildman–Crippen MR) is 82.6 cm³/mol. The van der Waals surface area contributed by atoms with Crippen molar-refractivity contribution in [1.82, 2.24) is 19.7 Å². The second kappa shape index (κ2) is 6.30. The lowest BCUT2D eigenvalue weighted by Gasteiger charge is -2.36. The molecule has 0 saturated carbocycles. The maximum atomic E-state index is 12.5. The smallest absolute Gasteiger partial charge is 0.255 e. The Morgan fingerprint density at radius 2 is 2.00 bits per heavy atom. The molecular formula is C15H21ClN4O. The van der Waals surface area contributed by atoms with Crippen LogP contribution in [-0.2, 0) is 0 Å². The maximum Gasteiger partial charge on any atom is 0.255 e. The summed E-state index contributed by atoms with van der Waals surface area (Å²) < 4.78 is 0. The molecule has 2 aliphatic heterocycles. The number of nitrogens with zero attached hydrogens (tertiary/aromatic N) is 4. The van der Waals surface area contributed by atoms with Crippen LogP contribution in [0.15, 0.2) is 18.5 Å². The first-order valence-corrected chi connectivity index (χ1v) is 7.84. The summed E-state index contributed by atoms with van der Waals surface area (Å²) >= 11 is 5.91. The molecule has 5 nitrogen and oxygen atoms in total. The van der Waals surface area contributed by atoms with Crippen molar-refractivity contribution in [1.29, 1.82) is 0 Å². The standard InChI is InChI=1S/C15H21ClN4O/c1-18-4-6-19(7-5-18)14-2-3-20(11-14)15(21)12-8-13(16)10-17-9-12/h8-10,14H,2-7,11H2,1H3/t14-/m0/s1. The number of rotatable bonds is 2. The van der Waals surface area contributed by atoms with E-state index in [0.717, 1.165) is 45.7 Å². The number of likely N-dealkylation sites (tertiary alicyclic amines) is 1. The topological polar surface area (TPSA) is 39.7 Å². The molecule has 2 aliphatic rings. The molecule has 0 bridgehead atoms. The van der Waals surface area contributed by atoms with E-state index in [9.17, 15) is 4.79 Å². The number of carbonyl (C=O) groups is 1. The summed E-state index contributed by atoms with van der Waals surface area (Å²) in [5.74, 6) is 0.0432. The molecule has 114 valence electrons. The first-order chi connectivity index (χ1) is 10.1. The normalized spacial score (nSPS) is 24.5. The van der Waals surface area contributed by atoms with Crippen LogP contribution in [0.1, 0.15) is 16.8 Å². The SMILES string of the molecule is CN1CCN([C@H]2CCN(C(=O)c3cncc(Cl)c3)C2)CC1. The summed E-state index contributed by atoms with van der Waals surface area (Å²) in [5, 5.41) is 0.510. The Balaban J connectivity index is 1.60. The zero-order valence-electron chi connectivity index (χ0n) is 12.3. The van der Waals surface area contributed by atoms with Gasteiger partial charge in [-0.15, -0.1) is 0 Å². The number of hydrogen-bond donors (Lipinski definition) is 0. The van der Waals surface area contributed by atoms with Gasteiger partial charge in [0.2, 0.25) is 0 Å². The van der Waals surface area contributed by atoms with Gasteiger partial charge in [-0.05, 0) is 19.5 Å². The average molecular weight is 309 g/mol. The quantitative estimate of drug-likeness (QED) is 0.823. The molecule has 2 fully saturated rings. The van der Waals surface area contributed by atoms with Crippen LogP contribution in [0.2, 0.25) is 5.02 Å². The zero-order chi connectivity index (χ0) is 14.8. The van der Waals surface area contributed by atoms with Crippen LogP contribution in [0.25, 0.3) is 0 Å². The van der Waals surface area contributed by atoms with Crippen LogP contribution in [0.4, 0.5) is 0 Å². The molecule has 0 spiro atoms. The predicted octanol–water partition coefficient (Wildman–Crippen LogP) is 1.20. The largest absolute Gasteiger partial charge is 0.337 e. The van der Waals surface area contributed by atoms with Crippen LogP contribution >= 0.6 is 11.6 Å². The molecule has 0 aromatic carbocycles. The highest BCUT2D eigenvalue weighted by atomic mass is 35.5. The third-order valence-corrected chi connectivity index (χ3v) is 4.66. The minimum Gasteiger partial charge on any atom is -0.337 e. The molecule has 21 heavy (non-hydrogen) atoms. The minimum absolute atomic E-state index is 0.0432. The van der Waals surface area contributed by atoms with E-state index in [-0.39, 0.29) is 5.91 Å². The average Bonchev–Trinajstić information content (AvgIpc) is 2.97. The number of pyridine rings is 1. The number of aromatic nitrogens is 1. The summed E-state index contributed by atoms with van der Waals surface area (Å²) in [6.07, 6.45) is 4.20. The Hall–Kier alpha value is -1.17. The lowest BCUT2D eigenvalue weighted by Crippen LogP contribution is -2.50. The number of carbonyl (C=O) groups excluding carboxylic acids is 1. The highest BCUT2D eigenvalue weighted by molar-refractivity contribution is 6.30. The minimum atomic E-state index is 0.0432. The van der Waals surface area contributed by atoms with E-state index < -0.39 is 0 Å². The van der Waals surface area contributed by atoms with Crippen molar-refractivity contribution >= 4 is 17.5 Å². The van der Waals surface area contributed by atoms with Crippen molar-refractivity contribution in [3.8, 4) is 0 Å². The van der Waals surface area contributed by atoms with Crippen molar-refractivity contribution in [2.75, 3.05) is 46.3 Å². The molecule has 1 aromatic heterocycles. The first kappa shape index (κ1) is 14.8. The molecule has 2 saturated heterocycles. The third-order valence-electron chi connectivity index (χ3n) is 4.46. The molecule has 1 atom stereocenters. The Kier molecular flexibility index (Phi) is 4.42. The van der Waals surface area contributed by atoms with E-state index in [1.165, 1.54) is 0 Å². The van der Waals surface area contributed by atoms with Crippen molar-refractivity contribution in [2.45, 2.75) is 12.5 Å². The highest BCUT2D eigenvalue weighted by Crippen LogP contribution is 2.20. The summed E-state index contributed by atoms with van der Waals surface area (Å²) in [5.41, 5.74) is 0.585. The fourth-order valence-electron chi connectivity index (χ4n) is 3.12. The van der Waals surface area contributed by atoms with E-state index in [0.29, 0.717) is 16.6 Å². The zero-order valence-corrected chi connectivity index (χ0v) is 13.1. The monoisotopic (exact) mass is 308 g/mol. The van der Waals surface area contributed by atoms with Gasteiger partial charge < -0.3 is 9.80 Å². The molecule has 3 rings (SSSR count). The summed E-state index contributed by atoms with van der Waals surface area (Å²) in [6.45, 7) is 6.06. The van der Waals surface area contributed by atoms with Gasteiger partial charge in [-0.1, -0.05) is 11.6 Å². The van der Waals surface area contributed by atoms with Crippen LogP contribution in [0, 0.1) is 0 Å². The Morgan fingerprint density at radius 3 is 2.71 bits per heavy atom. The fraction of sp³-hybridized carbons (Fsp3) is 0.600. The van der Waals surface area contributed by atoms with Crippen molar-refractivity contribution < 1.29 is 4.79 Å². The lowest BCUT2D eigenvalue weighted by molar-refractivity contribution is 0.0755. The Morgan fingerprint density at radius 1 is 1.24 bits per heavy atom.